The summed E-state index contributed by atoms with van der Waals surface area (Å²) in [5.41, 5.74) is 2.00. The topological polar surface area (TPSA) is 54.0 Å². The lowest BCUT2D eigenvalue weighted by Crippen LogP contribution is -2.32. The van der Waals surface area contributed by atoms with Gasteiger partial charge in [0.2, 0.25) is 0 Å². The van der Waals surface area contributed by atoms with Crippen molar-refractivity contribution in [1.82, 2.24) is 10.3 Å². The van der Waals surface area contributed by atoms with Crippen molar-refractivity contribution in [2.24, 2.45) is 0 Å². The van der Waals surface area contributed by atoms with Gasteiger partial charge in [0.25, 0.3) is 5.91 Å². The van der Waals surface area contributed by atoms with E-state index in [1.54, 1.807) is 0 Å². The second-order valence-electron chi connectivity index (χ2n) is 5.73. The van der Waals surface area contributed by atoms with Gasteiger partial charge in [0.05, 0.1) is 5.69 Å². The number of nitrogens with one attached hydrogen (secondary N) is 2. The molecule has 2 aromatic rings. The van der Waals surface area contributed by atoms with E-state index < -0.39 is 0 Å². The van der Waals surface area contributed by atoms with E-state index in [2.05, 4.69) is 27.8 Å². The summed E-state index contributed by atoms with van der Waals surface area (Å²) in [6, 6.07) is 10.5. The van der Waals surface area contributed by atoms with E-state index in [0.717, 1.165) is 35.1 Å². The Morgan fingerprint density at radius 2 is 2.00 bits per heavy atom. The molecule has 1 aliphatic carbocycles. The maximum absolute atomic E-state index is 12.3. The van der Waals surface area contributed by atoms with Crippen LogP contribution in [0.1, 0.15) is 46.6 Å². The highest BCUT2D eigenvalue weighted by Gasteiger charge is 2.21. The second-order valence-corrected chi connectivity index (χ2v) is 6.73. The minimum absolute atomic E-state index is 0.0228. The van der Waals surface area contributed by atoms with Crippen LogP contribution in [0.2, 0.25) is 0 Å². The number of carbonyl (C=O) groups is 1. The standard InChI is InChI=1S/C17H21N3OS/c1-12-15(16(21)20-14-9-5-6-10-14)22-17(19-12)18-11-13-7-3-2-4-8-13/h2-4,7-8,14H,5-6,9-11H2,1H3,(H,18,19)(H,20,21). The van der Waals surface area contributed by atoms with Gasteiger partial charge < -0.3 is 10.6 Å². The highest BCUT2D eigenvalue weighted by molar-refractivity contribution is 7.17. The van der Waals surface area contributed by atoms with Crippen molar-refractivity contribution in [3.05, 3.63) is 46.5 Å². The molecule has 1 aromatic carbocycles. The maximum Gasteiger partial charge on any atom is 0.263 e. The molecule has 1 aliphatic rings. The van der Waals surface area contributed by atoms with Crippen LogP contribution in [0.15, 0.2) is 30.3 Å². The first-order valence-electron chi connectivity index (χ1n) is 7.78. The average Bonchev–Trinajstić information content (AvgIpc) is 3.16. The molecule has 5 heteroatoms. The van der Waals surface area contributed by atoms with E-state index >= 15 is 0 Å². The van der Waals surface area contributed by atoms with Gasteiger partial charge in [-0.2, -0.15) is 0 Å². The van der Waals surface area contributed by atoms with Crippen molar-refractivity contribution in [3.8, 4) is 0 Å². The number of aryl methyl sites for hydroxylation is 1. The van der Waals surface area contributed by atoms with Gasteiger partial charge in [0, 0.05) is 12.6 Å². The van der Waals surface area contributed by atoms with Crippen molar-refractivity contribution in [3.63, 3.8) is 0 Å². The minimum Gasteiger partial charge on any atom is -0.357 e. The van der Waals surface area contributed by atoms with Crippen LogP contribution in [0, 0.1) is 6.92 Å². The van der Waals surface area contributed by atoms with Gasteiger partial charge in [-0.25, -0.2) is 4.98 Å². The van der Waals surface area contributed by atoms with Gasteiger partial charge in [0.15, 0.2) is 5.13 Å². The van der Waals surface area contributed by atoms with Gasteiger partial charge in [0.1, 0.15) is 4.88 Å². The Morgan fingerprint density at radius 1 is 1.27 bits per heavy atom. The SMILES string of the molecule is Cc1nc(NCc2ccccc2)sc1C(=O)NC1CCCC1. The fraction of sp³-hybridized carbons (Fsp3) is 0.412. The molecule has 0 radical (unpaired) electrons. The average molecular weight is 315 g/mol. The third kappa shape index (κ3) is 3.65. The number of nitrogens with zero attached hydrogens (tertiary/aromatic N) is 1. The molecule has 0 aliphatic heterocycles. The lowest BCUT2D eigenvalue weighted by Gasteiger charge is -2.10. The third-order valence-corrected chi connectivity index (χ3v) is 5.09. The van der Waals surface area contributed by atoms with Crippen LogP contribution in [-0.4, -0.2) is 16.9 Å². The number of amides is 1. The van der Waals surface area contributed by atoms with Crippen LogP contribution in [0.4, 0.5) is 5.13 Å². The Hall–Kier alpha value is -1.88. The molecule has 1 amide bonds. The number of aromatic nitrogens is 1. The van der Waals surface area contributed by atoms with Crippen LogP contribution in [0.25, 0.3) is 0 Å². The van der Waals surface area contributed by atoms with E-state index in [1.807, 2.05) is 25.1 Å². The molecule has 0 saturated heterocycles. The summed E-state index contributed by atoms with van der Waals surface area (Å²) in [6.07, 6.45) is 4.64. The number of rotatable bonds is 5. The van der Waals surface area contributed by atoms with Crippen molar-refractivity contribution >= 4 is 22.4 Å². The first-order valence-corrected chi connectivity index (χ1v) is 8.60. The van der Waals surface area contributed by atoms with E-state index in [-0.39, 0.29) is 5.91 Å². The molecule has 0 spiro atoms. The normalized spacial score (nSPS) is 15.0. The van der Waals surface area contributed by atoms with Gasteiger partial charge in [-0.05, 0) is 25.3 Å². The van der Waals surface area contributed by atoms with Gasteiger partial charge in [-0.1, -0.05) is 54.5 Å². The number of carbonyl (C=O) groups excluding carboxylic acids is 1. The predicted molar refractivity (Wildman–Crippen MR) is 90.3 cm³/mol. The molecule has 0 unspecified atom stereocenters. The zero-order valence-corrected chi connectivity index (χ0v) is 13.6. The zero-order valence-electron chi connectivity index (χ0n) is 12.8. The lowest BCUT2D eigenvalue weighted by atomic mass is 10.2. The number of hydrogen-bond donors (Lipinski definition) is 2. The molecule has 4 nitrogen and oxygen atoms in total. The van der Waals surface area contributed by atoms with Crippen LogP contribution in [0.5, 0.6) is 0 Å². The Kier molecular flexibility index (Phi) is 4.73. The Morgan fingerprint density at radius 3 is 2.73 bits per heavy atom. The minimum atomic E-state index is 0.0228. The van der Waals surface area contributed by atoms with E-state index in [1.165, 1.54) is 29.7 Å². The quantitative estimate of drug-likeness (QED) is 0.884. The van der Waals surface area contributed by atoms with Crippen LogP contribution in [0.3, 0.4) is 0 Å². The molecular formula is C17H21N3OS. The highest BCUT2D eigenvalue weighted by atomic mass is 32.1. The maximum atomic E-state index is 12.3. The molecule has 1 saturated carbocycles. The highest BCUT2D eigenvalue weighted by Crippen LogP contribution is 2.24. The first-order chi connectivity index (χ1) is 10.7. The molecule has 1 heterocycles. The summed E-state index contributed by atoms with van der Waals surface area (Å²) in [6.45, 7) is 2.62. The van der Waals surface area contributed by atoms with Gasteiger partial charge >= 0.3 is 0 Å². The molecule has 0 atom stereocenters. The largest absolute Gasteiger partial charge is 0.357 e. The Labute approximate surface area is 135 Å². The summed E-state index contributed by atoms with van der Waals surface area (Å²) < 4.78 is 0. The fourth-order valence-electron chi connectivity index (χ4n) is 2.78. The zero-order chi connectivity index (χ0) is 15.4. The number of thiazole rings is 1. The molecule has 1 aromatic heterocycles. The van der Waals surface area contributed by atoms with Gasteiger partial charge in [-0.15, -0.1) is 0 Å². The van der Waals surface area contributed by atoms with Crippen LogP contribution >= 0.6 is 11.3 Å². The monoisotopic (exact) mass is 315 g/mol. The van der Waals surface area contributed by atoms with Gasteiger partial charge in [-0.3, -0.25) is 4.79 Å². The molecule has 0 bridgehead atoms. The molecular weight excluding hydrogens is 294 g/mol. The predicted octanol–water partition coefficient (Wildman–Crippen LogP) is 3.74. The number of hydrogen-bond acceptors (Lipinski definition) is 4. The summed E-state index contributed by atoms with van der Waals surface area (Å²) in [5, 5.41) is 7.23. The summed E-state index contributed by atoms with van der Waals surface area (Å²) in [7, 11) is 0. The lowest BCUT2D eigenvalue weighted by molar-refractivity contribution is 0.0941. The summed E-state index contributed by atoms with van der Waals surface area (Å²) in [4.78, 5) is 17.5. The van der Waals surface area contributed by atoms with E-state index in [0.29, 0.717) is 6.04 Å². The smallest absolute Gasteiger partial charge is 0.263 e. The van der Waals surface area contributed by atoms with E-state index in [4.69, 9.17) is 0 Å². The van der Waals surface area contributed by atoms with Crippen molar-refractivity contribution < 1.29 is 4.79 Å². The number of benzene rings is 1. The van der Waals surface area contributed by atoms with Crippen molar-refractivity contribution in [1.29, 1.82) is 0 Å². The van der Waals surface area contributed by atoms with Crippen LogP contribution in [-0.2, 0) is 6.54 Å². The molecule has 116 valence electrons. The Balaban J connectivity index is 1.61. The molecule has 22 heavy (non-hydrogen) atoms. The Bertz CT molecular complexity index is 633. The van der Waals surface area contributed by atoms with Crippen LogP contribution < -0.4 is 10.6 Å². The fourth-order valence-corrected chi connectivity index (χ4v) is 3.64. The third-order valence-electron chi connectivity index (χ3n) is 3.98. The summed E-state index contributed by atoms with van der Waals surface area (Å²) in [5.74, 6) is 0.0228. The molecule has 3 rings (SSSR count). The van der Waals surface area contributed by atoms with E-state index in [9.17, 15) is 4.79 Å². The first kappa shape index (κ1) is 15.0. The second kappa shape index (κ2) is 6.92. The molecule has 2 N–H and O–H groups in total. The van der Waals surface area contributed by atoms with Crippen molar-refractivity contribution in [2.75, 3.05) is 5.32 Å². The number of anilines is 1. The summed E-state index contributed by atoms with van der Waals surface area (Å²) >= 11 is 1.44. The van der Waals surface area contributed by atoms with Crippen molar-refractivity contribution in [2.45, 2.75) is 45.2 Å². The molecule has 1 fully saturated rings.